The van der Waals surface area contributed by atoms with E-state index >= 15 is 0 Å². The molecule has 3 rings (SSSR count). The van der Waals surface area contributed by atoms with E-state index in [1.807, 2.05) is 10.9 Å². The summed E-state index contributed by atoms with van der Waals surface area (Å²) in [6.45, 7) is 3.96. The molecule has 88 valence electrons. The maximum absolute atomic E-state index is 5.82. The first-order valence-electron chi connectivity index (χ1n) is 6.25. The number of nitrogens with one attached hydrogen (secondary N) is 1. The van der Waals surface area contributed by atoms with Crippen LogP contribution in [-0.4, -0.2) is 28.0 Å². The van der Waals surface area contributed by atoms with Crippen molar-refractivity contribution in [1.82, 2.24) is 15.1 Å². The lowest BCUT2D eigenvalue weighted by Crippen LogP contribution is -2.36. The highest BCUT2D eigenvalue weighted by molar-refractivity contribution is 5.04. The second-order valence-electron chi connectivity index (χ2n) is 4.80. The van der Waals surface area contributed by atoms with Gasteiger partial charge in [-0.1, -0.05) is 0 Å². The highest BCUT2D eigenvalue weighted by atomic mass is 16.5. The minimum absolute atomic E-state index is 0.464. The molecule has 3 atom stereocenters. The van der Waals surface area contributed by atoms with Crippen LogP contribution >= 0.6 is 0 Å². The molecule has 1 aromatic heterocycles. The Labute approximate surface area is 96.0 Å². The molecule has 2 fully saturated rings. The van der Waals surface area contributed by atoms with E-state index in [2.05, 4.69) is 23.5 Å². The summed E-state index contributed by atoms with van der Waals surface area (Å²) < 4.78 is 7.78. The van der Waals surface area contributed by atoms with Crippen LogP contribution in [0.1, 0.15) is 31.7 Å². The second kappa shape index (κ2) is 4.18. The molecular weight excluding hydrogens is 202 g/mol. The number of nitrogens with zero attached hydrogens (tertiary/aromatic N) is 2. The predicted molar refractivity (Wildman–Crippen MR) is 61.0 cm³/mol. The Balaban J connectivity index is 1.53. The molecule has 4 heteroatoms. The van der Waals surface area contributed by atoms with Crippen molar-refractivity contribution in [3.63, 3.8) is 0 Å². The number of aromatic nitrogens is 2. The van der Waals surface area contributed by atoms with Gasteiger partial charge in [0.1, 0.15) is 0 Å². The summed E-state index contributed by atoms with van der Waals surface area (Å²) in [6.07, 6.45) is 8.73. The number of hydrogen-bond donors (Lipinski definition) is 1. The van der Waals surface area contributed by atoms with Gasteiger partial charge < -0.3 is 10.1 Å². The van der Waals surface area contributed by atoms with Crippen LogP contribution in [0, 0.1) is 0 Å². The topological polar surface area (TPSA) is 39.1 Å². The van der Waals surface area contributed by atoms with Gasteiger partial charge in [-0.15, -0.1) is 0 Å². The highest BCUT2D eigenvalue weighted by Gasteiger charge is 2.40. The largest absolute Gasteiger partial charge is 0.373 e. The molecule has 1 aromatic rings. The fourth-order valence-corrected chi connectivity index (χ4v) is 2.77. The molecule has 16 heavy (non-hydrogen) atoms. The van der Waals surface area contributed by atoms with Crippen molar-refractivity contribution in [3.8, 4) is 0 Å². The summed E-state index contributed by atoms with van der Waals surface area (Å²) in [5.74, 6) is 0. The van der Waals surface area contributed by atoms with Crippen LogP contribution in [0.4, 0.5) is 0 Å². The van der Waals surface area contributed by atoms with E-state index in [1.54, 1.807) is 0 Å². The zero-order valence-corrected chi connectivity index (χ0v) is 9.72. The third kappa shape index (κ3) is 1.87. The Kier molecular flexibility index (Phi) is 2.69. The predicted octanol–water partition coefficient (Wildman–Crippen LogP) is 1.31. The van der Waals surface area contributed by atoms with Crippen molar-refractivity contribution in [1.29, 1.82) is 0 Å². The summed E-state index contributed by atoms with van der Waals surface area (Å²) in [5.41, 5.74) is 1.27. The average Bonchev–Trinajstić information content (AvgIpc) is 3.02. The minimum Gasteiger partial charge on any atom is -0.373 e. The summed E-state index contributed by atoms with van der Waals surface area (Å²) in [4.78, 5) is 0. The van der Waals surface area contributed by atoms with Crippen molar-refractivity contribution in [2.24, 2.45) is 0 Å². The third-order valence-electron chi connectivity index (χ3n) is 3.69. The summed E-state index contributed by atoms with van der Waals surface area (Å²) >= 11 is 0. The number of ether oxygens (including phenoxy) is 1. The van der Waals surface area contributed by atoms with Gasteiger partial charge in [-0.3, -0.25) is 4.68 Å². The Morgan fingerprint density at radius 3 is 3.12 bits per heavy atom. The standard InChI is InChI=1S/C12H19N3O/c1-2-15-8-9(7-14-15)6-13-11-5-10-3-4-12(11)16-10/h7-8,10-13H,2-6H2,1H3. The number of rotatable bonds is 4. The fraction of sp³-hybridized carbons (Fsp3) is 0.750. The molecule has 1 N–H and O–H groups in total. The van der Waals surface area contributed by atoms with Crippen LogP contribution in [0.25, 0.3) is 0 Å². The van der Waals surface area contributed by atoms with Crippen molar-refractivity contribution < 1.29 is 4.74 Å². The number of aryl methyl sites for hydroxylation is 1. The molecule has 0 aliphatic carbocycles. The normalized spacial score (nSPS) is 32.4. The molecule has 2 saturated heterocycles. The summed E-state index contributed by atoms with van der Waals surface area (Å²) in [7, 11) is 0. The SMILES string of the molecule is CCn1cc(CNC2CC3CCC2O3)cn1. The molecule has 0 spiro atoms. The smallest absolute Gasteiger partial charge is 0.0733 e. The van der Waals surface area contributed by atoms with Crippen molar-refractivity contribution >= 4 is 0 Å². The van der Waals surface area contributed by atoms with Gasteiger partial charge in [0.05, 0.1) is 18.4 Å². The van der Waals surface area contributed by atoms with Crippen LogP contribution in [0.5, 0.6) is 0 Å². The first-order valence-corrected chi connectivity index (χ1v) is 6.25. The van der Waals surface area contributed by atoms with Crippen molar-refractivity contribution in [3.05, 3.63) is 18.0 Å². The lowest BCUT2D eigenvalue weighted by atomic mass is 9.95. The average molecular weight is 221 g/mol. The van der Waals surface area contributed by atoms with Gasteiger partial charge in [-0.05, 0) is 26.2 Å². The lowest BCUT2D eigenvalue weighted by molar-refractivity contribution is 0.0973. The van der Waals surface area contributed by atoms with Crippen molar-refractivity contribution in [2.45, 2.75) is 57.5 Å². The fourth-order valence-electron chi connectivity index (χ4n) is 2.77. The molecule has 3 unspecified atom stereocenters. The molecule has 0 amide bonds. The van der Waals surface area contributed by atoms with E-state index in [1.165, 1.54) is 24.8 Å². The molecule has 0 saturated carbocycles. The Morgan fingerprint density at radius 2 is 2.50 bits per heavy atom. The Hall–Kier alpha value is -0.870. The van der Waals surface area contributed by atoms with Gasteiger partial charge in [0.2, 0.25) is 0 Å². The van der Waals surface area contributed by atoms with Crippen molar-refractivity contribution in [2.75, 3.05) is 0 Å². The van der Waals surface area contributed by atoms with E-state index in [0.717, 1.165) is 13.1 Å². The van der Waals surface area contributed by atoms with E-state index in [9.17, 15) is 0 Å². The van der Waals surface area contributed by atoms with E-state index in [0.29, 0.717) is 18.2 Å². The van der Waals surface area contributed by atoms with E-state index < -0.39 is 0 Å². The van der Waals surface area contributed by atoms with Crippen LogP contribution in [0.15, 0.2) is 12.4 Å². The first-order chi connectivity index (χ1) is 7.85. The van der Waals surface area contributed by atoms with E-state index in [4.69, 9.17) is 4.74 Å². The zero-order chi connectivity index (χ0) is 11.0. The van der Waals surface area contributed by atoms with Gasteiger partial charge in [0.15, 0.2) is 0 Å². The first kappa shape index (κ1) is 10.3. The Morgan fingerprint density at radius 1 is 1.56 bits per heavy atom. The maximum Gasteiger partial charge on any atom is 0.0733 e. The monoisotopic (exact) mass is 221 g/mol. The Bertz CT molecular complexity index is 363. The third-order valence-corrected chi connectivity index (χ3v) is 3.69. The molecule has 3 heterocycles. The molecular formula is C12H19N3O. The quantitative estimate of drug-likeness (QED) is 0.833. The molecule has 2 aliphatic rings. The minimum atomic E-state index is 0.464. The highest BCUT2D eigenvalue weighted by Crippen LogP contribution is 2.34. The van der Waals surface area contributed by atoms with E-state index in [-0.39, 0.29) is 0 Å². The number of fused-ring (bicyclic) bond motifs is 2. The van der Waals surface area contributed by atoms with Gasteiger partial charge >= 0.3 is 0 Å². The summed E-state index contributed by atoms with van der Waals surface area (Å²) in [5, 5.41) is 7.86. The molecule has 2 aliphatic heterocycles. The lowest BCUT2D eigenvalue weighted by Gasteiger charge is -2.19. The van der Waals surface area contributed by atoms with Crippen LogP contribution in [0.3, 0.4) is 0 Å². The second-order valence-corrected chi connectivity index (χ2v) is 4.80. The molecule has 0 radical (unpaired) electrons. The van der Waals surface area contributed by atoms with Gasteiger partial charge in [-0.25, -0.2) is 0 Å². The zero-order valence-electron chi connectivity index (χ0n) is 9.72. The van der Waals surface area contributed by atoms with Gasteiger partial charge in [0.25, 0.3) is 0 Å². The van der Waals surface area contributed by atoms with Gasteiger partial charge in [-0.2, -0.15) is 5.10 Å². The van der Waals surface area contributed by atoms with Gasteiger partial charge in [0, 0.05) is 30.9 Å². The molecule has 0 aromatic carbocycles. The van der Waals surface area contributed by atoms with Crippen LogP contribution in [-0.2, 0) is 17.8 Å². The number of hydrogen-bond acceptors (Lipinski definition) is 3. The summed E-state index contributed by atoms with van der Waals surface area (Å²) in [6, 6.07) is 0.559. The maximum atomic E-state index is 5.82. The molecule has 4 nitrogen and oxygen atoms in total. The van der Waals surface area contributed by atoms with Crippen LogP contribution in [0.2, 0.25) is 0 Å². The molecule has 2 bridgehead atoms. The van der Waals surface area contributed by atoms with Crippen LogP contribution < -0.4 is 5.32 Å².